The van der Waals surface area contributed by atoms with Gasteiger partial charge >= 0.3 is 0 Å². The normalized spacial score (nSPS) is 12.3. The molecule has 0 radical (unpaired) electrons. The number of nitrogens with two attached hydrogens (primary N) is 1. The van der Waals surface area contributed by atoms with Crippen LogP contribution in [0.4, 0.5) is 10.1 Å². The van der Waals surface area contributed by atoms with Crippen LogP contribution in [-0.4, -0.2) is 20.2 Å². The minimum atomic E-state index is -0.337. The van der Waals surface area contributed by atoms with Crippen LogP contribution in [-0.2, 0) is 0 Å². The Morgan fingerprint density at radius 1 is 1.10 bits per heavy atom. The van der Waals surface area contributed by atoms with Crippen LogP contribution in [0.2, 0.25) is 0 Å². The van der Waals surface area contributed by atoms with Crippen LogP contribution < -0.4 is 5.73 Å². The Hall–Kier alpha value is -2.76. The number of rotatable bonds is 3. The second-order valence-electron chi connectivity index (χ2n) is 4.73. The predicted molar refractivity (Wildman–Crippen MR) is 77.9 cm³/mol. The highest BCUT2D eigenvalue weighted by atomic mass is 19.1. The maximum atomic E-state index is 13.9. The van der Waals surface area contributed by atoms with E-state index < -0.39 is 0 Å². The number of para-hydroxylation sites is 1. The maximum absolute atomic E-state index is 13.9. The number of anilines is 1. The fourth-order valence-corrected chi connectivity index (χ4v) is 2.28. The zero-order valence-electron chi connectivity index (χ0n) is 11.4. The first kappa shape index (κ1) is 13.2. The van der Waals surface area contributed by atoms with Crippen LogP contribution in [0, 0.1) is 5.82 Å². The van der Waals surface area contributed by atoms with Gasteiger partial charge in [-0.15, -0.1) is 5.10 Å². The second kappa shape index (κ2) is 5.32. The molecule has 0 saturated carbocycles. The minimum absolute atomic E-state index is 0.285. The third-order valence-corrected chi connectivity index (χ3v) is 3.42. The van der Waals surface area contributed by atoms with Crippen molar-refractivity contribution in [2.24, 2.45) is 0 Å². The van der Waals surface area contributed by atoms with E-state index in [0.717, 1.165) is 5.56 Å². The standard InChI is InChI=1S/C15H14FN5/c1-10(11-6-2-4-8-13(11)16)21-15(18-19-20-21)12-7-3-5-9-14(12)17/h2-10H,17H2,1H3. The Morgan fingerprint density at radius 3 is 2.57 bits per heavy atom. The molecule has 1 unspecified atom stereocenters. The Bertz CT molecular complexity index is 768. The lowest BCUT2D eigenvalue weighted by Crippen LogP contribution is -2.12. The summed E-state index contributed by atoms with van der Waals surface area (Å²) in [6, 6.07) is 13.6. The van der Waals surface area contributed by atoms with Crippen LogP contribution >= 0.6 is 0 Å². The first-order chi connectivity index (χ1) is 10.2. The topological polar surface area (TPSA) is 69.6 Å². The summed E-state index contributed by atoms with van der Waals surface area (Å²) in [6.07, 6.45) is 0. The van der Waals surface area contributed by atoms with E-state index in [2.05, 4.69) is 15.5 Å². The molecule has 0 spiro atoms. The molecule has 6 heteroatoms. The molecule has 5 nitrogen and oxygen atoms in total. The molecule has 0 saturated heterocycles. The lowest BCUT2D eigenvalue weighted by atomic mass is 10.1. The highest BCUT2D eigenvalue weighted by molar-refractivity contribution is 5.71. The molecule has 0 aliphatic rings. The second-order valence-corrected chi connectivity index (χ2v) is 4.73. The molecule has 2 aromatic carbocycles. The third-order valence-electron chi connectivity index (χ3n) is 3.42. The molecular weight excluding hydrogens is 269 g/mol. The first-order valence-electron chi connectivity index (χ1n) is 6.55. The van der Waals surface area contributed by atoms with Crippen LogP contribution in [0.5, 0.6) is 0 Å². The fraction of sp³-hybridized carbons (Fsp3) is 0.133. The molecular formula is C15H14FN5. The zero-order chi connectivity index (χ0) is 14.8. The molecule has 1 heterocycles. The van der Waals surface area contributed by atoms with Crippen molar-refractivity contribution in [2.45, 2.75) is 13.0 Å². The van der Waals surface area contributed by atoms with Crippen molar-refractivity contribution < 1.29 is 4.39 Å². The van der Waals surface area contributed by atoms with Crippen molar-refractivity contribution >= 4 is 5.69 Å². The third kappa shape index (κ3) is 2.35. The van der Waals surface area contributed by atoms with Crippen LogP contribution in [0.1, 0.15) is 18.5 Å². The average Bonchev–Trinajstić information content (AvgIpc) is 2.97. The molecule has 1 aromatic heterocycles. The van der Waals surface area contributed by atoms with Gasteiger partial charge in [-0.1, -0.05) is 30.3 Å². The van der Waals surface area contributed by atoms with Crippen molar-refractivity contribution in [3.63, 3.8) is 0 Å². The quantitative estimate of drug-likeness (QED) is 0.750. The molecule has 1 atom stereocenters. The summed E-state index contributed by atoms with van der Waals surface area (Å²) in [7, 11) is 0. The average molecular weight is 283 g/mol. The van der Waals surface area contributed by atoms with E-state index in [0.29, 0.717) is 17.1 Å². The smallest absolute Gasteiger partial charge is 0.184 e. The molecule has 0 amide bonds. The number of hydrogen-bond acceptors (Lipinski definition) is 4. The van der Waals surface area contributed by atoms with Gasteiger partial charge in [0.15, 0.2) is 5.82 Å². The molecule has 3 rings (SSSR count). The van der Waals surface area contributed by atoms with Gasteiger partial charge < -0.3 is 5.73 Å². The van der Waals surface area contributed by atoms with Gasteiger partial charge in [0.2, 0.25) is 0 Å². The summed E-state index contributed by atoms with van der Waals surface area (Å²) in [5.41, 5.74) is 7.80. The maximum Gasteiger partial charge on any atom is 0.184 e. The van der Waals surface area contributed by atoms with Gasteiger partial charge in [-0.05, 0) is 35.5 Å². The van der Waals surface area contributed by atoms with Crippen molar-refractivity contribution in [3.8, 4) is 11.4 Å². The Balaban J connectivity index is 2.08. The fourth-order valence-electron chi connectivity index (χ4n) is 2.28. The largest absolute Gasteiger partial charge is 0.398 e. The highest BCUT2D eigenvalue weighted by Crippen LogP contribution is 2.28. The van der Waals surface area contributed by atoms with Gasteiger partial charge in [-0.2, -0.15) is 0 Å². The molecule has 0 bridgehead atoms. The number of aromatic nitrogens is 4. The lowest BCUT2D eigenvalue weighted by Gasteiger charge is -2.15. The van der Waals surface area contributed by atoms with Crippen molar-refractivity contribution in [1.29, 1.82) is 0 Å². The van der Waals surface area contributed by atoms with E-state index in [4.69, 9.17) is 5.73 Å². The van der Waals surface area contributed by atoms with Crippen molar-refractivity contribution in [2.75, 3.05) is 5.73 Å². The summed E-state index contributed by atoms with van der Waals surface area (Å²) in [5.74, 6) is 0.233. The summed E-state index contributed by atoms with van der Waals surface area (Å²) < 4.78 is 15.5. The van der Waals surface area contributed by atoms with Gasteiger partial charge in [0.05, 0.1) is 6.04 Å². The summed E-state index contributed by atoms with van der Waals surface area (Å²) in [6.45, 7) is 1.84. The first-order valence-corrected chi connectivity index (χ1v) is 6.55. The van der Waals surface area contributed by atoms with Gasteiger partial charge in [0, 0.05) is 16.8 Å². The molecule has 3 aromatic rings. The number of nitrogen functional groups attached to an aromatic ring is 1. The zero-order valence-corrected chi connectivity index (χ0v) is 11.4. The predicted octanol–water partition coefficient (Wildman–Crippen LogP) is 2.67. The number of tetrazole rings is 1. The van der Waals surface area contributed by atoms with Gasteiger partial charge in [0.25, 0.3) is 0 Å². The summed E-state index contributed by atoms with van der Waals surface area (Å²) >= 11 is 0. The Kier molecular flexibility index (Phi) is 3.35. The Labute approximate surface area is 121 Å². The summed E-state index contributed by atoms with van der Waals surface area (Å²) in [5, 5.41) is 11.7. The Morgan fingerprint density at radius 2 is 1.81 bits per heavy atom. The van der Waals surface area contributed by atoms with E-state index in [-0.39, 0.29) is 11.9 Å². The number of benzene rings is 2. The molecule has 2 N–H and O–H groups in total. The van der Waals surface area contributed by atoms with Crippen LogP contribution in [0.25, 0.3) is 11.4 Å². The van der Waals surface area contributed by atoms with Gasteiger partial charge in [-0.25, -0.2) is 9.07 Å². The lowest BCUT2D eigenvalue weighted by molar-refractivity contribution is 0.512. The SMILES string of the molecule is CC(c1ccccc1F)n1nnnc1-c1ccccc1N. The summed E-state index contributed by atoms with van der Waals surface area (Å²) in [4.78, 5) is 0. The van der Waals surface area contributed by atoms with Gasteiger partial charge in [0.1, 0.15) is 5.82 Å². The van der Waals surface area contributed by atoms with E-state index in [1.807, 2.05) is 25.1 Å². The highest BCUT2D eigenvalue weighted by Gasteiger charge is 2.19. The number of hydrogen-bond donors (Lipinski definition) is 1. The molecule has 106 valence electrons. The van der Waals surface area contributed by atoms with E-state index in [1.54, 1.807) is 28.9 Å². The van der Waals surface area contributed by atoms with E-state index in [1.165, 1.54) is 6.07 Å². The molecule has 0 fully saturated rings. The van der Waals surface area contributed by atoms with E-state index in [9.17, 15) is 4.39 Å². The monoisotopic (exact) mass is 283 g/mol. The minimum Gasteiger partial charge on any atom is -0.398 e. The van der Waals surface area contributed by atoms with Gasteiger partial charge in [-0.3, -0.25) is 0 Å². The number of halogens is 1. The van der Waals surface area contributed by atoms with Crippen LogP contribution in [0.15, 0.2) is 48.5 Å². The van der Waals surface area contributed by atoms with E-state index >= 15 is 0 Å². The van der Waals surface area contributed by atoms with Crippen LogP contribution in [0.3, 0.4) is 0 Å². The number of nitrogens with zero attached hydrogens (tertiary/aromatic N) is 4. The molecule has 21 heavy (non-hydrogen) atoms. The van der Waals surface area contributed by atoms with Crippen molar-refractivity contribution in [1.82, 2.24) is 20.2 Å². The molecule has 0 aliphatic carbocycles. The van der Waals surface area contributed by atoms with Crippen molar-refractivity contribution in [3.05, 3.63) is 59.9 Å². The molecule has 0 aliphatic heterocycles.